The number of phenolic OH excluding ortho intramolecular Hbond substituents is 1. The maximum Gasteiger partial charge on any atom is 0.302 e. The lowest BCUT2D eigenvalue weighted by molar-refractivity contribution is -0.142. The van der Waals surface area contributed by atoms with Gasteiger partial charge in [0.05, 0.1) is 13.7 Å². The van der Waals surface area contributed by atoms with Crippen LogP contribution >= 0.6 is 0 Å². The van der Waals surface area contributed by atoms with Gasteiger partial charge in [-0.05, 0) is 36.1 Å². The second-order valence-electron chi connectivity index (χ2n) is 7.87. The van der Waals surface area contributed by atoms with Crippen LogP contribution in [0.4, 0.5) is 0 Å². The molecule has 0 aliphatic heterocycles. The molecule has 0 unspecified atom stereocenters. The molecule has 35 heavy (non-hydrogen) atoms. The number of carbonyl (C=O) groups excluding carboxylic acids is 2. The number of rotatable bonds is 12. The van der Waals surface area contributed by atoms with E-state index in [9.17, 15) is 14.7 Å². The highest BCUT2D eigenvalue weighted by Crippen LogP contribution is 2.26. The zero-order chi connectivity index (χ0) is 26.3. The van der Waals surface area contributed by atoms with Gasteiger partial charge in [-0.15, -0.1) is 6.58 Å². The number of aromatic hydroxyl groups is 1. The van der Waals surface area contributed by atoms with Crippen LogP contribution in [0, 0.1) is 0 Å². The topological polar surface area (TPSA) is 82.1 Å². The molecule has 6 nitrogen and oxygen atoms in total. The van der Waals surface area contributed by atoms with E-state index in [1.165, 1.54) is 53.1 Å². The number of carbonyl (C=O) groups is 2. The van der Waals surface area contributed by atoms with Gasteiger partial charge in [0.25, 0.3) is 0 Å². The number of phenols is 1. The number of hydrogen-bond donors (Lipinski definition) is 1. The first-order chi connectivity index (χ1) is 16.8. The number of allylic oxidation sites excluding steroid dienone is 1. The molecule has 0 amide bonds. The summed E-state index contributed by atoms with van der Waals surface area (Å²) in [5, 5.41) is 9.25. The molecule has 0 bridgehead atoms. The third-order valence-corrected chi connectivity index (χ3v) is 4.71. The zero-order valence-electron chi connectivity index (χ0n) is 21.8. The Bertz CT molecular complexity index is 832. The average Bonchev–Trinajstić information content (AvgIpc) is 2.85. The lowest BCUT2D eigenvalue weighted by Crippen LogP contribution is -1.99. The quantitative estimate of drug-likeness (QED) is 0.202. The molecule has 0 heterocycles. The fourth-order valence-corrected chi connectivity index (χ4v) is 2.87. The van der Waals surface area contributed by atoms with Crippen LogP contribution in [-0.2, 0) is 32.1 Å². The summed E-state index contributed by atoms with van der Waals surface area (Å²) < 4.78 is 14.5. The van der Waals surface area contributed by atoms with E-state index in [4.69, 9.17) is 14.2 Å². The first-order valence-electron chi connectivity index (χ1n) is 12.1. The Balaban J connectivity index is 0.000000496. The van der Waals surface area contributed by atoms with Crippen LogP contribution in [0.2, 0.25) is 0 Å². The van der Waals surface area contributed by atoms with Crippen molar-refractivity contribution in [2.24, 2.45) is 0 Å². The smallest absolute Gasteiger partial charge is 0.302 e. The van der Waals surface area contributed by atoms with Gasteiger partial charge in [0.2, 0.25) is 0 Å². The molecule has 0 atom stereocenters. The molecule has 2 rings (SSSR count). The van der Waals surface area contributed by atoms with Gasteiger partial charge in [-0.25, -0.2) is 0 Å². The number of unbranched alkanes of at least 4 members (excludes halogenated alkanes) is 5. The molecule has 2 aromatic carbocycles. The Hall–Kier alpha value is -3.28. The van der Waals surface area contributed by atoms with Crippen molar-refractivity contribution in [2.75, 3.05) is 13.7 Å². The monoisotopic (exact) mass is 486 g/mol. The van der Waals surface area contributed by atoms with E-state index in [2.05, 4.69) is 13.5 Å². The molecule has 2 aromatic rings. The van der Waals surface area contributed by atoms with E-state index in [0.29, 0.717) is 19.0 Å². The van der Waals surface area contributed by atoms with Crippen molar-refractivity contribution in [1.82, 2.24) is 0 Å². The third-order valence-electron chi connectivity index (χ3n) is 4.71. The molecule has 0 saturated heterocycles. The second kappa shape index (κ2) is 21.3. The largest absolute Gasteiger partial charge is 0.504 e. The Kier molecular flexibility index (Phi) is 19.3. The third kappa shape index (κ3) is 18.8. The van der Waals surface area contributed by atoms with E-state index in [-0.39, 0.29) is 17.7 Å². The molecular formula is C29H42O6. The van der Waals surface area contributed by atoms with Crippen molar-refractivity contribution >= 4 is 11.9 Å². The number of benzene rings is 2. The predicted molar refractivity (Wildman–Crippen MR) is 140 cm³/mol. The Morgan fingerprint density at radius 2 is 1.51 bits per heavy atom. The van der Waals surface area contributed by atoms with Gasteiger partial charge in [-0.1, -0.05) is 81.5 Å². The highest BCUT2D eigenvalue weighted by atomic mass is 16.5. The van der Waals surface area contributed by atoms with Crippen molar-refractivity contribution in [2.45, 2.75) is 72.3 Å². The lowest BCUT2D eigenvalue weighted by Gasteiger charge is -2.04. The van der Waals surface area contributed by atoms with Crippen LogP contribution in [0.1, 0.15) is 70.4 Å². The minimum Gasteiger partial charge on any atom is -0.504 e. The number of esters is 2. The minimum absolute atomic E-state index is 0.163. The number of ether oxygens (including phenoxy) is 3. The van der Waals surface area contributed by atoms with E-state index in [1.807, 2.05) is 42.5 Å². The Morgan fingerprint density at radius 1 is 0.886 bits per heavy atom. The number of methoxy groups -OCH3 is 1. The fourth-order valence-electron chi connectivity index (χ4n) is 2.87. The minimum atomic E-state index is -0.242. The van der Waals surface area contributed by atoms with Gasteiger partial charge in [-0.3, -0.25) is 9.59 Å². The highest BCUT2D eigenvalue weighted by molar-refractivity contribution is 5.66. The molecule has 194 valence electrons. The lowest BCUT2D eigenvalue weighted by atomic mass is 10.1. The fraction of sp³-hybridized carbons (Fsp3) is 0.448. The van der Waals surface area contributed by atoms with Crippen molar-refractivity contribution in [1.29, 1.82) is 0 Å². The van der Waals surface area contributed by atoms with Crippen LogP contribution in [0.3, 0.4) is 0 Å². The van der Waals surface area contributed by atoms with Gasteiger partial charge in [-0.2, -0.15) is 0 Å². The SMILES string of the molecule is C=CCc1ccc(O)c(OC)c1.CC(=O)OCc1ccccc1.CCCCCCCCOC(C)=O. The average molecular weight is 487 g/mol. The molecule has 6 heteroatoms. The highest BCUT2D eigenvalue weighted by Gasteiger charge is 2.00. The summed E-state index contributed by atoms with van der Waals surface area (Å²) in [6.07, 6.45) is 10.0. The first kappa shape index (κ1) is 31.7. The molecule has 0 fully saturated rings. The van der Waals surface area contributed by atoms with Gasteiger partial charge in [0.15, 0.2) is 11.5 Å². The van der Waals surface area contributed by atoms with Crippen LogP contribution < -0.4 is 4.74 Å². The summed E-state index contributed by atoms with van der Waals surface area (Å²) in [6, 6.07) is 14.9. The molecule has 0 radical (unpaired) electrons. The van der Waals surface area contributed by atoms with Gasteiger partial charge in [0, 0.05) is 13.8 Å². The first-order valence-corrected chi connectivity index (χ1v) is 12.1. The van der Waals surface area contributed by atoms with Crippen molar-refractivity contribution < 1.29 is 28.9 Å². The van der Waals surface area contributed by atoms with Crippen molar-refractivity contribution in [3.05, 3.63) is 72.3 Å². The summed E-state index contributed by atoms with van der Waals surface area (Å²) in [5.74, 6) is 0.275. The molecule has 0 aliphatic rings. The van der Waals surface area contributed by atoms with Gasteiger partial charge < -0.3 is 19.3 Å². The number of hydrogen-bond acceptors (Lipinski definition) is 6. The van der Waals surface area contributed by atoms with Gasteiger partial charge in [0.1, 0.15) is 6.61 Å². The normalized spacial score (nSPS) is 9.49. The Morgan fingerprint density at radius 3 is 2.09 bits per heavy atom. The van der Waals surface area contributed by atoms with Crippen molar-refractivity contribution in [3.63, 3.8) is 0 Å². The summed E-state index contributed by atoms with van der Waals surface area (Å²) in [6.45, 7) is 9.67. The summed E-state index contributed by atoms with van der Waals surface area (Å²) in [5.41, 5.74) is 2.10. The van der Waals surface area contributed by atoms with E-state index in [1.54, 1.807) is 12.1 Å². The summed E-state index contributed by atoms with van der Waals surface area (Å²) in [4.78, 5) is 20.8. The zero-order valence-corrected chi connectivity index (χ0v) is 21.8. The van der Waals surface area contributed by atoms with Crippen LogP contribution in [0.25, 0.3) is 0 Å². The molecule has 0 aromatic heterocycles. The van der Waals surface area contributed by atoms with E-state index < -0.39 is 0 Å². The van der Waals surface area contributed by atoms with Crippen molar-refractivity contribution in [3.8, 4) is 11.5 Å². The molecule has 0 aliphatic carbocycles. The van der Waals surface area contributed by atoms with Gasteiger partial charge >= 0.3 is 11.9 Å². The van der Waals surface area contributed by atoms with Crippen LogP contribution in [-0.4, -0.2) is 30.8 Å². The summed E-state index contributed by atoms with van der Waals surface area (Å²) >= 11 is 0. The maximum atomic E-state index is 10.4. The summed E-state index contributed by atoms with van der Waals surface area (Å²) in [7, 11) is 1.53. The van der Waals surface area contributed by atoms with E-state index >= 15 is 0 Å². The van der Waals surface area contributed by atoms with Crippen LogP contribution in [0.15, 0.2) is 61.2 Å². The molecule has 0 spiro atoms. The molecule has 1 N–H and O–H groups in total. The molecular weight excluding hydrogens is 444 g/mol. The predicted octanol–water partition coefficient (Wildman–Crippen LogP) is 6.79. The van der Waals surface area contributed by atoms with Crippen LogP contribution in [0.5, 0.6) is 11.5 Å². The maximum absolute atomic E-state index is 10.4. The molecule has 0 saturated carbocycles. The van der Waals surface area contributed by atoms with E-state index in [0.717, 1.165) is 24.0 Å². The Labute approximate surface area is 210 Å². The standard InChI is InChI=1S/C10H12O2.C10H20O2.C9H10O2/c1-3-4-8-5-6-9(11)10(7-8)12-2;1-3-4-5-6-7-8-9-12-10(2)11;1-8(10)11-7-9-5-3-2-4-6-9/h3,5-7,11H,1,4H2,2H3;3-9H2,1-2H3;2-6H,7H2,1H3. The second-order valence-corrected chi connectivity index (χ2v) is 7.87.